The first-order valence-electron chi connectivity index (χ1n) is 7.82. The van der Waals surface area contributed by atoms with Gasteiger partial charge in [0.1, 0.15) is 0 Å². The lowest BCUT2D eigenvalue weighted by Crippen LogP contribution is -1.92. The molecule has 103 valence electrons. The van der Waals surface area contributed by atoms with Gasteiger partial charge in [-0.05, 0) is 63.4 Å². The van der Waals surface area contributed by atoms with E-state index in [9.17, 15) is 0 Å². The van der Waals surface area contributed by atoms with E-state index in [-0.39, 0.29) is 0 Å². The van der Waals surface area contributed by atoms with Gasteiger partial charge in [0, 0.05) is 0 Å². The van der Waals surface area contributed by atoms with Crippen LogP contribution < -0.4 is 0 Å². The number of rotatable bonds is 1. The van der Waals surface area contributed by atoms with Crippen molar-refractivity contribution < 1.29 is 0 Å². The fourth-order valence-electron chi connectivity index (χ4n) is 3.84. The molecule has 0 N–H and O–H groups in total. The van der Waals surface area contributed by atoms with Gasteiger partial charge in [0.15, 0.2) is 0 Å². The summed E-state index contributed by atoms with van der Waals surface area (Å²) < 4.78 is 0. The van der Waals surface area contributed by atoms with Crippen LogP contribution >= 0.6 is 0 Å². The Morgan fingerprint density at radius 1 is 0.773 bits per heavy atom. The SMILES string of the molecule is [c]1ccc(-c2cccc3c2C=CC3)c2c1-c1ccccc1C2. The van der Waals surface area contributed by atoms with Crippen LogP contribution in [0.5, 0.6) is 0 Å². The Labute approximate surface area is 130 Å². The molecule has 0 aromatic heterocycles. The summed E-state index contributed by atoms with van der Waals surface area (Å²) in [6.45, 7) is 0. The molecule has 0 heteroatoms. The van der Waals surface area contributed by atoms with Gasteiger partial charge in [-0.1, -0.05) is 66.7 Å². The van der Waals surface area contributed by atoms with Crippen molar-refractivity contribution in [2.75, 3.05) is 0 Å². The number of fused-ring (bicyclic) bond motifs is 4. The van der Waals surface area contributed by atoms with E-state index in [1.54, 1.807) is 0 Å². The first kappa shape index (κ1) is 12.0. The Hall–Kier alpha value is -2.60. The maximum absolute atomic E-state index is 3.46. The van der Waals surface area contributed by atoms with Gasteiger partial charge in [0.2, 0.25) is 0 Å². The van der Waals surface area contributed by atoms with E-state index in [1.807, 2.05) is 0 Å². The fraction of sp³-hybridized carbons (Fsp3) is 0.0909. The molecular weight excluding hydrogens is 264 g/mol. The molecule has 3 aromatic carbocycles. The van der Waals surface area contributed by atoms with Gasteiger partial charge in [-0.25, -0.2) is 0 Å². The Kier molecular flexibility index (Phi) is 2.42. The Bertz CT molecular complexity index is 929. The zero-order chi connectivity index (χ0) is 14.5. The number of hydrogen-bond donors (Lipinski definition) is 0. The molecular formula is C22H15. The second kappa shape index (κ2) is 4.45. The fourth-order valence-corrected chi connectivity index (χ4v) is 3.84. The van der Waals surface area contributed by atoms with Gasteiger partial charge < -0.3 is 0 Å². The molecule has 0 bridgehead atoms. The van der Waals surface area contributed by atoms with Gasteiger partial charge in [-0.3, -0.25) is 0 Å². The maximum Gasteiger partial charge on any atom is -0.000705 e. The molecule has 3 aromatic rings. The van der Waals surface area contributed by atoms with Crippen LogP contribution in [-0.2, 0) is 12.8 Å². The van der Waals surface area contributed by atoms with Gasteiger partial charge in [0.05, 0.1) is 0 Å². The van der Waals surface area contributed by atoms with E-state index in [4.69, 9.17) is 0 Å². The lowest BCUT2D eigenvalue weighted by atomic mass is 9.91. The molecule has 0 amide bonds. The summed E-state index contributed by atoms with van der Waals surface area (Å²) in [5.41, 5.74) is 11.1. The monoisotopic (exact) mass is 279 g/mol. The molecule has 0 spiro atoms. The molecule has 2 aliphatic rings. The highest BCUT2D eigenvalue weighted by atomic mass is 14.3. The van der Waals surface area contributed by atoms with Crippen LogP contribution in [-0.4, -0.2) is 0 Å². The van der Waals surface area contributed by atoms with E-state index < -0.39 is 0 Å². The lowest BCUT2D eigenvalue weighted by molar-refractivity contribution is 1.26. The standard InChI is InChI=1S/C22H15/c1-2-9-18-16(6-1)14-22-20(18)12-5-13-21(22)19-11-4-8-15-7-3-10-17(15)19/h1-6,8-11,13H,7,14H2. The first-order chi connectivity index (χ1) is 10.9. The second-order valence-electron chi connectivity index (χ2n) is 6.06. The third kappa shape index (κ3) is 1.58. The predicted molar refractivity (Wildman–Crippen MR) is 91.7 cm³/mol. The smallest absolute Gasteiger partial charge is 0.000705 e. The van der Waals surface area contributed by atoms with Crippen molar-refractivity contribution in [3.63, 3.8) is 0 Å². The highest BCUT2D eigenvalue weighted by molar-refractivity contribution is 5.88. The average molecular weight is 279 g/mol. The molecule has 0 unspecified atom stereocenters. The summed E-state index contributed by atoms with van der Waals surface area (Å²) >= 11 is 0. The lowest BCUT2D eigenvalue weighted by Gasteiger charge is -2.12. The Morgan fingerprint density at radius 3 is 2.64 bits per heavy atom. The van der Waals surface area contributed by atoms with E-state index >= 15 is 0 Å². The van der Waals surface area contributed by atoms with Crippen LogP contribution in [0, 0.1) is 6.07 Å². The second-order valence-corrected chi connectivity index (χ2v) is 6.06. The molecule has 5 rings (SSSR count). The molecule has 0 saturated carbocycles. The molecule has 0 heterocycles. The summed E-state index contributed by atoms with van der Waals surface area (Å²) in [6.07, 6.45) is 6.62. The van der Waals surface area contributed by atoms with Crippen molar-refractivity contribution in [1.82, 2.24) is 0 Å². The number of allylic oxidation sites excluding steroid dienone is 1. The van der Waals surface area contributed by atoms with E-state index in [1.165, 1.54) is 44.5 Å². The van der Waals surface area contributed by atoms with E-state index in [0.717, 1.165) is 12.8 Å². The molecule has 0 nitrogen and oxygen atoms in total. The average Bonchev–Trinajstić information content (AvgIpc) is 3.18. The van der Waals surface area contributed by atoms with E-state index in [2.05, 4.69) is 72.8 Å². The van der Waals surface area contributed by atoms with Crippen molar-refractivity contribution in [2.45, 2.75) is 12.8 Å². The topological polar surface area (TPSA) is 0 Å². The van der Waals surface area contributed by atoms with Crippen molar-refractivity contribution in [1.29, 1.82) is 0 Å². The van der Waals surface area contributed by atoms with Gasteiger partial charge in [0.25, 0.3) is 0 Å². The van der Waals surface area contributed by atoms with Gasteiger partial charge >= 0.3 is 0 Å². The zero-order valence-corrected chi connectivity index (χ0v) is 12.3. The molecule has 0 atom stereocenters. The van der Waals surface area contributed by atoms with E-state index in [0.29, 0.717) is 0 Å². The molecule has 1 radical (unpaired) electrons. The van der Waals surface area contributed by atoms with Crippen LogP contribution in [0.1, 0.15) is 22.3 Å². The van der Waals surface area contributed by atoms with Gasteiger partial charge in [-0.2, -0.15) is 0 Å². The molecule has 0 saturated heterocycles. The zero-order valence-electron chi connectivity index (χ0n) is 12.3. The summed E-state index contributed by atoms with van der Waals surface area (Å²) in [5, 5.41) is 0. The first-order valence-corrected chi connectivity index (χ1v) is 7.82. The predicted octanol–water partition coefficient (Wildman–Crippen LogP) is 5.29. The quantitative estimate of drug-likeness (QED) is 0.444. The van der Waals surface area contributed by atoms with Crippen molar-refractivity contribution in [2.24, 2.45) is 0 Å². The van der Waals surface area contributed by atoms with Crippen LogP contribution in [0.25, 0.3) is 28.3 Å². The summed E-state index contributed by atoms with van der Waals surface area (Å²) in [6, 6.07) is 23.2. The van der Waals surface area contributed by atoms with Crippen LogP contribution in [0.3, 0.4) is 0 Å². The minimum absolute atomic E-state index is 1.02. The minimum Gasteiger partial charge on any atom is -0.0795 e. The number of hydrogen-bond acceptors (Lipinski definition) is 0. The normalized spacial score (nSPS) is 13.8. The maximum atomic E-state index is 3.46. The third-order valence-electron chi connectivity index (χ3n) is 4.87. The Balaban J connectivity index is 1.77. The largest absolute Gasteiger partial charge is 0.0795 e. The number of benzene rings is 3. The third-order valence-corrected chi connectivity index (χ3v) is 4.87. The van der Waals surface area contributed by atoms with Gasteiger partial charge in [-0.15, -0.1) is 0 Å². The van der Waals surface area contributed by atoms with Crippen molar-refractivity contribution >= 4 is 6.08 Å². The van der Waals surface area contributed by atoms with Crippen LogP contribution in [0.4, 0.5) is 0 Å². The summed E-state index contributed by atoms with van der Waals surface area (Å²) in [5.74, 6) is 0. The highest BCUT2D eigenvalue weighted by Gasteiger charge is 2.22. The molecule has 22 heavy (non-hydrogen) atoms. The van der Waals surface area contributed by atoms with Crippen LogP contribution in [0.15, 0.2) is 60.7 Å². The van der Waals surface area contributed by atoms with Crippen LogP contribution in [0.2, 0.25) is 0 Å². The summed E-state index contributed by atoms with van der Waals surface area (Å²) in [4.78, 5) is 0. The minimum atomic E-state index is 1.02. The van der Waals surface area contributed by atoms with Crippen molar-refractivity contribution in [3.8, 4) is 22.3 Å². The molecule has 0 fully saturated rings. The molecule has 2 aliphatic carbocycles. The Morgan fingerprint density at radius 2 is 1.64 bits per heavy atom. The van der Waals surface area contributed by atoms with Crippen molar-refractivity contribution in [3.05, 3.63) is 89.0 Å². The highest BCUT2D eigenvalue weighted by Crippen LogP contribution is 2.42. The molecule has 0 aliphatic heterocycles. The summed E-state index contributed by atoms with van der Waals surface area (Å²) in [7, 11) is 0.